The molecule has 4 heteroatoms. The Labute approximate surface area is 106 Å². The van der Waals surface area contributed by atoms with Crippen LogP contribution in [0, 0.1) is 6.92 Å². The number of likely N-dealkylation sites (N-methyl/N-ethyl adjacent to an activating group) is 1. The van der Waals surface area contributed by atoms with E-state index >= 15 is 0 Å². The van der Waals surface area contributed by atoms with Gasteiger partial charge in [-0.3, -0.25) is 4.98 Å². The molecule has 0 fully saturated rings. The number of aryl methyl sites for hydroxylation is 1. The van der Waals surface area contributed by atoms with E-state index in [9.17, 15) is 0 Å². The number of rotatable bonds is 5. The lowest BCUT2D eigenvalue weighted by Gasteiger charge is -2.14. The highest BCUT2D eigenvalue weighted by molar-refractivity contribution is 7.09. The molecule has 17 heavy (non-hydrogen) atoms. The van der Waals surface area contributed by atoms with Gasteiger partial charge < -0.3 is 4.90 Å². The van der Waals surface area contributed by atoms with Crippen LogP contribution in [-0.4, -0.2) is 28.5 Å². The van der Waals surface area contributed by atoms with Crippen LogP contribution < -0.4 is 0 Å². The van der Waals surface area contributed by atoms with E-state index in [0.29, 0.717) is 0 Å². The summed E-state index contributed by atoms with van der Waals surface area (Å²) in [6.07, 6.45) is 2.83. The van der Waals surface area contributed by atoms with E-state index in [1.54, 1.807) is 11.3 Å². The number of nitrogens with zero attached hydrogens (tertiary/aromatic N) is 3. The molecule has 2 rings (SSSR count). The molecule has 0 atom stereocenters. The fourth-order valence-electron chi connectivity index (χ4n) is 1.69. The van der Waals surface area contributed by atoms with Crippen molar-refractivity contribution in [1.82, 2.24) is 14.9 Å². The zero-order chi connectivity index (χ0) is 12.1. The van der Waals surface area contributed by atoms with Crippen LogP contribution in [0.3, 0.4) is 0 Å². The van der Waals surface area contributed by atoms with Crippen molar-refractivity contribution in [2.24, 2.45) is 0 Å². The summed E-state index contributed by atoms with van der Waals surface area (Å²) < 4.78 is 0. The molecule has 0 aliphatic heterocycles. The molecule has 2 aromatic rings. The number of hydrogen-bond donors (Lipinski definition) is 0. The minimum atomic E-state index is 0.914. The SMILES string of the molecule is Cc1nc(CN(C)CCc2ccccn2)cs1. The average molecular weight is 247 g/mol. The summed E-state index contributed by atoms with van der Waals surface area (Å²) in [7, 11) is 2.12. The van der Waals surface area contributed by atoms with Crippen LogP contribution in [0.1, 0.15) is 16.4 Å². The van der Waals surface area contributed by atoms with Crippen molar-refractivity contribution in [3.05, 3.63) is 46.2 Å². The van der Waals surface area contributed by atoms with Crippen molar-refractivity contribution in [3.8, 4) is 0 Å². The van der Waals surface area contributed by atoms with E-state index in [1.807, 2.05) is 25.3 Å². The van der Waals surface area contributed by atoms with Gasteiger partial charge in [0, 0.05) is 36.8 Å². The quantitative estimate of drug-likeness (QED) is 0.813. The molecule has 0 saturated heterocycles. The molecular weight excluding hydrogens is 230 g/mol. The third-order valence-electron chi connectivity index (χ3n) is 2.57. The Hall–Kier alpha value is -1.26. The fourth-order valence-corrected chi connectivity index (χ4v) is 2.29. The van der Waals surface area contributed by atoms with Gasteiger partial charge in [-0.1, -0.05) is 6.07 Å². The lowest BCUT2D eigenvalue weighted by atomic mass is 10.2. The Balaban J connectivity index is 1.80. The molecule has 0 saturated carbocycles. The van der Waals surface area contributed by atoms with E-state index < -0.39 is 0 Å². The summed E-state index contributed by atoms with van der Waals surface area (Å²) in [5, 5.41) is 3.27. The molecule has 0 bridgehead atoms. The molecular formula is C13H17N3S. The zero-order valence-corrected chi connectivity index (χ0v) is 11.1. The van der Waals surface area contributed by atoms with Gasteiger partial charge >= 0.3 is 0 Å². The third kappa shape index (κ3) is 3.91. The first-order valence-electron chi connectivity index (χ1n) is 5.73. The Bertz CT molecular complexity index is 453. The molecule has 0 unspecified atom stereocenters. The van der Waals surface area contributed by atoms with Gasteiger partial charge in [-0.05, 0) is 26.1 Å². The first-order valence-corrected chi connectivity index (χ1v) is 6.61. The van der Waals surface area contributed by atoms with Gasteiger partial charge in [-0.2, -0.15) is 0 Å². The second kappa shape index (κ2) is 5.89. The van der Waals surface area contributed by atoms with E-state index in [1.165, 1.54) is 0 Å². The second-order valence-corrected chi connectivity index (χ2v) is 5.23. The highest BCUT2D eigenvalue weighted by Gasteiger charge is 2.04. The van der Waals surface area contributed by atoms with Gasteiger partial charge in [-0.15, -0.1) is 11.3 Å². The van der Waals surface area contributed by atoms with Gasteiger partial charge in [-0.25, -0.2) is 4.98 Å². The monoisotopic (exact) mass is 247 g/mol. The van der Waals surface area contributed by atoms with Gasteiger partial charge in [0.2, 0.25) is 0 Å². The Morgan fingerprint density at radius 3 is 2.82 bits per heavy atom. The maximum atomic E-state index is 4.47. The van der Waals surface area contributed by atoms with Crippen LogP contribution in [0.4, 0.5) is 0 Å². The van der Waals surface area contributed by atoms with Crippen LogP contribution in [0.5, 0.6) is 0 Å². The Morgan fingerprint density at radius 1 is 1.29 bits per heavy atom. The molecule has 0 N–H and O–H groups in total. The normalized spacial score (nSPS) is 11.0. The van der Waals surface area contributed by atoms with E-state index in [2.05, 4.69) is 33.4 Å². The third-order valence-corrected chi connectivity index (χ3v) is 3.40. The first-order chi connectivity index (χ1) is 8.24. The van der Waals surface area contributed by atoms with Crippen molar-refractivity contribution in [1.29, 1.82) is 0 Å². The van der Waals surface area contributed by atoms with Crippen molar-refractivity contribution in [2.75, 3.05) is 13.6 Å². The minimum absolute atomic E-state index is 0.914. The van der Waals surface area contributed by atoms with E-state index in [0.717, 1.165) is 35.9 Å². The number of pyridine rings is 1. The number of aromatic nitrogens is 2. The molecule has 0 spiro atoms. The van der Waals surface area contributed by atoms with Gasteiger partial charge in [0.25, 0.3) is 0 Å². The van der Waals surface area contributed by atoms with Crippen LogP contribution >= 0.6 is 11.3 Å². The van der Waals surface area contributed by atoms with Gasteiger partial charge in [0.05, 0.1) is 10.7 Å². The molecule has 0 aliphatic carbocycles. The smallest absolute Gasteiger partial charge is 0.0897 e. The topological polar surface area (TPSA) is 29.0 Å². The summed E-state index contributed by atoms with van der Waals surface area (Å²) in [4.78, 5) is 11.1. The van der Waals surface area contributed by atoms with E-state index in [4.69, 9.17) is 0 Å². The number of thiazole rings is 1. The highest BCUT2D eigenvalue weighted by Crippen LogP contribution is 2.09. The second-order valence-electron chi connectivity index (χ2n) is 4.17. The molecule has 2 heterocycles. The summed E-state index contributed by atoms with van der Waals surface area (Å²) in [5.41, 5.74) is 2.31. The number of hydrogen-bond acceptors (Lipinski definition) is 4. The summed E-state index contributed by atoms with van der Waals surface area (Å²) in [6.45, 7) is 3.97. The Morgan fingerprint density at radius 2 is 2.18 bits per heavy atom. The average Bonchev–Trinajstić information content (AvgIpc) is 2.73. The fraction of sp³-hybridized carbons (Fsp3) is 0.385. The zero-order valence-electron chi connectivity index (χ0n) is 10.3. The van der Waals surface area contributed by atoms with Crippen molar-refractivity contribution in [3.63, 3.8) is 0 Å². The molecule has 90 valence electrons. The van der Waals surface area contributed by atoms with Crippen LogP contribution in [-0.2, 0) is 13.0 Å². The standard InChI is InChI=1S/C13H17N3S/c1-11-15-13(10-17-11)9-16(2)8-6-12-5-3-4-7-14-12/h3-5,7,10H,6,8-9H2,1-2H3. The molecule has 3 nitrogen and oxygen atoms in total. The largest absolute Gasteiger partial charge is 0.300 e. The van der Waals surface area contributed by atoms with Crippen molar-refractivity contribution < 1.29 is 0 Å². The summed E-state index contributed by atoms with van der Waals surface area (Å²) >= 11 is 1.71. The predicted molar refractivity (Wildman–Crippen MR) is 71.1 cm³/mol. The van der Waals surface area contributed by atoms with Crippen molar-refractivity contribution in [2.45, 2.75) is 19.9 Å². The molecule has 0 radical (unpaired) electrons. The van der Waals surface area contributed by atoms with Gasteiger partial charge in [0.1, 0.15) is 0 Å². The van der Waals surface area contributed by atoms with Crippen LogP contribution in [0.2, 0.25) is 0 Å². The first kappa shape index (κ1) is 12.2. The lowest BCUT2D eigenvalue weighted by molar-refractivity contribution is 0.326. The van der Waals surface area contributed by atoms with Crippen LogP contribution in [0.25, 0.3) is 0 Å². The molecule has 0 amide bonds. The molecule has 0 aliphatic rings. The maximum Gasteiger partial charge on any atom is 0.0897 e. The lowest BCUT2D eigenvalue weighted by Crippen LogP contribution is -2.21. The summed E-state index contributed by atoms with van der Waals surface area (Å²) in [5.74, 6) is 0. The minimum Gasteiger partial charge on any atom is -0.300 e. The van der Waals surface area contributed by atoms with Gasteiger partial charge in [0.15, 0.2) is 0 Å². The summed E-state index contributed by atoms with van der Waals surface area (Å²) in [6, 6.07) is 6.05. The highest BCUT2D eigenvalue weighted by atomic mass is 32.1. The maximum absolute atomic E-state index is 4.47. The predicted octanol–water partition coefficient (Wildman–Crippen LogP) is 2.52. The van der Waals surface area contributed by atoms with Crippen LogP contribution in [0.15, 0.2) is 29.8 Å². The Kier molecular flexibility index (Phi) is 4.23. The van der Waals surface area contributed by atoms with E-state index in [-0.39, 0.29) is 0 Å². The molecule has 0 aromatic carbocycles. The van der Waals surface area contributed by atoms with Crippen molar-refractivity contribution >= 4 is 11.3 Å². The molecule has 2 aromatic heterocycles.